The standard InChI is InChI=1S/C19H15N5O/c20-10-14-5-1-2-7-18(14)24-19(25)15-9-17(12-21-11-15)23-13-16-6-3-4-8-22-16/h1-9,11-12,23H,13H2,(H,24,25). The predicted octanol–water partition coefficient (Wildman–Crippen LogP) is 3.21. The Balaban J connectivity index is 1.70. The molecule has 0 fully saturated rings. The summed E-state index contributed by atoms with van der Waals surface area (Å²) < 4.78 is 0. The van der Waals surface area contributed by atoms with E-state index in [1.165, 1.54) is 6.20 Å². The highest BCUT2D eigenvalue weighted by molar-refractivity contribution is 6.05. The minimum absolute atomic E-state index is 0.323. The number of nitrogens with zero attached hydrogens (tertiary/aromatic N) is 3. The Labute approximate surface area is 145 Å². The summed E-state index contributed by atoms with van der Waals surface area (Å²) in [5.41, 5.74) is 2.89. The Morgan fingerprint density at radius 3 is 2.76 bits per heavy atom. The van der Waals surface area contributed by atoms with Crippen LogP contribution in [0.15, 0.2) is 67.1 Å². The molecule has 0 saturated carbocycles. The first-order valence-electron chi connectivity index (χ1n) is 7.65. The molecule has 2 aromatic heterocycles. The van der Waals surface area contributed by atoms with E-state index in [2.05, 4.69) is 26.7 Å². The zero-order chi connectivity index (χ0) is 17.5. The zero-order valence-corrected chi connectivity index (χ0v) is 13.3. The van der Waals surface area contributed by atoms with Gasteiger partial charge in [-0.25, -0.2) is 0 Å². The zero-order valence-electron chi connectivity index (χ0n) is 13.3. The SMILES string of the molecule is N#Cc1ccccc1NC(=O)c1cncc(NCc2ccccn2)c1. The second kappa shape index (κ2) is 7.70. The first-order valence-corrected chi connectivity index (χ1v) is 7.65. The molecule has 0 saturated heterocycles. The molecule has 25 heavy (non-hydrogen) atoms. The number of amides is 1. The maximum atomic E-state index is 12.4. The number of nitrogens with one attached hydrogen (secondary N) is 2. The molecule has 1 aromatic carbocycles. The number of carbonyl (C=O) groups excluding carboxylic acids is 1. The van der Waals surface area contributed by atoms with Crippen molar-refractivity contribution in [1.82, 2.24) is 9.97 Å². The highest BCUT2D eigenvalue weighted by Crippen LogP contribution is 2.16. The van der Waals surface area contributed by atoms with E-state index in [9.17, 15) is 4.79 Å². The van der Waals surface area contributed by atoms with E-state index >= 15 is 0 Å². The van der Waals surface area contributed by atoms with Gasteiger partial charge in [-0.05, 0) is 30.3 Å². The summed E-state index contributed by atoms with van der Waals surface area (Å²) in [4.78, 5) is 20.7. The quantitative estimate of drug-likeness (QED) is 0.750. The van der Waals surface area contributed by atoms with Crippen LogP contribution in [0.25, 0.3) is 0 Å². The average molecular weight is 329 g/mol. The molecule has 0 aliphatic carbocycles. The summed E-state index contributed by atoms with van der Waals surface area (Å²) in [6.45, 7) is 0.533. The smallest absolute Gasteiger partial charge is 0.257 e. The number of rotatable bonds is 5. The molecule has 6 nitrogen and oxygen atoms in total. The topological polar surface area (TPSA) is 90.7 Å². The van der Waals surface area contributed by atoms with Crippen LogP contribution in [0, 0.1) is 11.3 Å². The number of para-hydroxylation sites is 1. The second-order valence-electron chi connectivity index (χ2n) is 5.25. The summed E-state index contributed by atoms with van der Waals surface area (Å²) >= 11 is 0. The average Bonchev–Trinajstić information content (AvgIpc) is 2.68. The van der Waals surface area contributed by atoms with Crippen molar-refractivity contribution in [1.29, 1.82) is 5.26 Å². The largest absolute Gasteiger partial charge is 0.378 e. The molecular formula is C19H15N5O. The van der Waals surface area contributed by atoms with Crippen molar-refractivity contribution in [3.8, 4) is 6.07 Å². The fraction of sp³-hybridized carbons (Fsp3) is 0.0526. The van der Waals surface area contributed by atoms with Gasteiger partial charge in [-0.15, -0.1) is 0 Å². The molecule has 0 radical (unpaired) electrons. The first-order chi connectivity index (χ1) is 12.3. The van der Waals surface area contributed by atoms with Crippen LogP contribution in [0.2, 0.25) is 0 Å². The van der Waals surface area contributed by atoms with Gasteiger partial charge in [0, 0.05) is 18.6 Å². The van der Waals surface area contributed by atoms with E-state index in [4.69, 9.17) is 5.26 Å². The third-order valence-corrected chi connectivity index (χ3v) is 3.50. The Morgan fingerprint density at radius 1 is 1.12 bits per heavy atom. The third-order valence-electron chi connectivity index (χ3n) is 3.50. The first kappa shape index (κ1) is 16.1. The molecule has 0 bridgehead atoms. The minimum Gasteiger partial charge on any atom is -0.378 e. The van der Waals surface area contributed by atoms with Gasteiger partial charge in [0.1, 0.15) is 6.07 Å². The van der Waals surface area contributed by atoms with Crippen molar-refractivity contribution in [3.05, 3.63) is 83.9 Å². The predicted molar refractivity (Wildman–Crippen MR) is 94.9 cm³/mol. The monoisotopic (exact) mass is 329 g/mol. The van der Waals surface area contributed by atoms with Gasteiger partial charge >= 0.3 is 0 Å². The van der Waals surface area contributed by atoms with E-state index in [1.807, 2.05) is 18.2 Å². The molecule has 3 aromatic rings. The number of hydrogen-bond acceptors (Lipinski definition) is 5. The van der Waals surface area contributed by atoms with E-state index in [0.29, 0.717) is 29.0 Å². The van der Waals surface area contributed by atoms with Crippen LogP contribution in [-0.4, -0.2) is 15.9 Å². The lowest BCUT2D eigenvalue weighted by molar-refractivity contribution is 0.102. The van der Waals surface area contributed by atoms with Gasteiger partial charge in [0.2, 0.25) is 0 Å². The molecule has 0 unspecified atom stereocenters. The minimum atomic E-state index is -0.323. The number of carbonyl (C=O) groups is 1. The van der Waals surface area contributed by atoms with Crippen LogP contribution in [0.1, 0.15) is 21.6 Å². The summed E-state index contributed by atoms with van der Waals surface area (Å²) in [5, 5.41) is 15.0. The summed E-state index contributed by atoms with van der Waals surface area (Å²) in [6, 6.07) is 16.3. The van der Waals surface area contributed by atoms with Crippen LogP contribution in [0.4, 0.5) is 11.4 Å². The molecule has 3 rings (SSSR count). The van der Waals surface area contributed by atoms with E-state index in [0.717, 1.165) is 5.69 Å². The second-order valence-corrected chi connectivity index (χ2v) is 5.25. The van der Waals surface area contributed by atoms with Crippen LogP contribution in [0.3, 0.4) is 0 Å². The van der Waals surface area contributed by atoms with Crippen molar-refractivity contribution in [2.75, 3.05) is 10.6 Å². The number of aromatic nitrogens is 2. The van der Waals surface area contributed by atoms with E-state index < -0.39 is 0 Å². The number of nitriles is 1. The van der Waals surface area contributed by atoms with Crippen molar-refractivity contribution in [3.63, 3.8) is 0 Å². The van der Waals surface area contributed by atoms with Gasteiger partial charge in [-0.2, -0.15) is 5.26 Å². The number of benzene rings is 1. The van der Waals surface area contributed by atoms with Crippen molar-refractivity contribution >= 4 is 17.3 Å². The van der Waals surface area contributed by atoms with Gasteiger partial charge in [0.25, 0.3) is 5.91 Å². The Hall–Kier alpha value is -3.72. The molecular weight excluding hydrogens is 314 g/mol. The lowest BCUT2D eigenvalue weighted by atomic mass is 10.2. The van der Waals surface area contributed by atoms with Gasteiger partial charge in [-0.3, -0.25) is 14.8 Å². The number of hydrogen-bond donors (Lipinski definition) is 2. The molecule has 2 heterocycles. The fourth-order valence-electron chi connectivity index (χ4n) is 2.24. The Kier molecular flexibility index (Phi) is 4.98. The Morgan fingerprint density at radius 2 is 1.96 bits per heavy atom. The highest BCUT2D eigenvalue weighted by Gasteiger charge is 2.10. The number of pyridine rings is 2. The van der Waals surface area contributed by atoms with Crippen molar-refractivity contribution < 1.29 is 4.79 Å². The third kappa shape index (κ3) is 4.18. The molecule has 1 amide bonds. The molecule has 2 N–H and O–H groups in total. The van der Waals surface area contributed by atoms with Gasteiger partial charge < -0.3 is 10.6 Å². The molecule has 0 aliphatic rings. The van der Waals surface area contributed by atoms with Crippen LogP contribution in [-0.2, 0) is 6.54 Å². The van der Waals surface area contributed by atoms with Crippen LogP contribution < -0.4 is 10.6 Å². The van der Waals surface area contributed by atoms with Crippen molar-refractivity contribution in [2.24, 2.45) is 0 Å². The van der Waals surface area contributed by atoms with Gasteiger partial charge in [-0.1, -0.05) is 18.2 Å². The molecule has 0 spiro atoms. The van der Waals surface area contributed by atoms with Gasteiger partial charge in [0.05, 0.1) is 34.7 Å². The lowest BCUT2D eigenvalue weighted by Crippen LogP contribution is -2.13. The maximum Gasteiger partial charge on any atom is 0.257 e. The summed E-state index contributed by atoms with van der Waals surface area (Å²) in [6.07, 6.45) is 4.85. The van der Waals surface area contributed by atoms with E-state index in [1.54, 1.807) is 42.7 Å². The molecule has 0 atom stereocenters. The molecule has 0 aliphatic heterocycles. The lowest BCUT2D eigenvalue weighted by Gasteiger charge is -2.09. The maximum absolute atomic E-state index is 12.4. The fourth-order valence-corrected chi connectivity index (χ4v) is 2.24. The highest BCUT2D eigenvalue weighted by atomic mass is 16.1. The molecule has 122 valence electrons. The van der Waals surface area contributed by atoms with Gasteiger partial charge in [0.15, 0.2) is 0 Å². The molecule has 6 heteroatoms. The van der Waals surface area contributed by atoms with E-state index in [-0.39, 0.29) is 5.91 Å². The summed E-state index contributed by atoms with van der Waals surface area (Å²) in [5.74, 6) is -0.323. The van der Waals surface area contributed by atoms with Crippen molar-refractivity contribution in [2.45, 2.75) is 6.54 Å². The summed E-state index contributed by atoms with van der Waals surface area (Å²) in [7, 11) is 0. The van der Waals surface area contributed by atoms with Crippen LogP contribution in [0.5, 0.6) is 0 Å². The number of anilines is 2. The Bertz CT molecular complexity index is 918. The van der Waals surface area contributed by atoms with Crippen LogP contribution >= 0.6 is 0 Å². The normalized spacial score (nSPS) is 9.88.